The summed E-state index contributed by atoms with van der Waals surface area (Å²) in [6.07, 6.45) is 5.85. The Morgan fingerprint density at radius 1 is 1.19 bits per heavy atom. The summed E-state index contributed by atoms with van der Waals surface area (Å²) in [6.45, 7) is 14.2. The molecule has 1 radical (unpaired) electrons. The van der Waals surface area contributed by atoms with E-state index in [1.165, 1.54) is 0 Å². The SMILES string of the molecule is CCCCOCC1OC(C)(C)C[C@H]1CCCc1cc(OC)cc(OCOC)c1C(=O)O[B][Si](C)(C)C. The van der Waals surface area contributed by atoms with Gasteiger partial charge in [-0.15, -0.1) is 0 Å². The van der Waals surface area contributed by atoms with E-state index in [0.717, 1.165) is 44.3 Å². The van der Waals surface area contributed by atoms with Gasteiger partial charge in [0, 0.05) is 19.8 Å². The zero-order valence-electron chi connectivity index (χ0n) is 23.6. The fraction of sp³-hybridized carbons (Fsp3) is 0.741. The first-order valence-electron chi connectivity index (χ1n) is 13.1. The lowest BCUT2D eigenvalue weighted by Gasteiger charge is -2.21. The number of benzene rings is 1. The van der Waals surface area contributed by atoms with Gasteiger partial charge in [-0.2, -0.15) is 0 Å². The lowest BCUT2D eigenvalue weighted by molar-refractivity contribution is -0.0613. The maximum absolute atomic E-state index is 13.2. The van der Waals surface area contributed by atoms with Crippen LogP contribution in [0.15, 0.2) is 12.1 Å². The highest BCUT2D eigenvalue weighted by molar-refractivity contribution is 7.21. The first kappa shape index (κ1) is 30.7. The predicted molar refractivity (Wildman–Crippen MR) is 146 cm³/mol. The molecule has 1 aliphatic rings. The van der Waals surface area contributed by atoms with Crippen LogP contribution < -0.4 is 9.47 Å². The molecular formula is C27H46BO7Si. The van der Waals surface area contributed by atoms with Crippen molar-refractivity contribution in [1.29, 1.82) is 0 Å². The largest absolute Gasteiger partial charge is 0.539 e. The van der Waals surface area contributed by atoms with Gasteiger partial charge in [-0.3, -0.25) is 0 Å². The molecule has 1 aromatic rings. The Labute approximate surface area is 219 Å². The molecule has 0 bridgehead atoms. The summed E-state index contributed by atoms with van der Waals surface area (Å²) in [5, 5.41) is 0. The van der Waals surface area contributed by atoms with Crippen molar-refractivity contribution in [3.63, 3.8) is 0 Å². The maximum atomic E-state index is 13.2. The number of unbranched alkanes of at least 4 members (excludes halogenated alkanes) is 1. The van der Waals surface area contributed by atoms with Crippen LogP contribution in [-0.4, -0.2) is 66.9 Å². The Kier molecular flexibility index (Phi) is 12.3. The first-order valence-corrected chi connectivity index (χ1v) is 16.7. The molecule has 0 aromatic heterocycles. The Morgan fingerprint density at radius 3 is 2.58 bits per heavy atom. The van der Waals surface area contributed by atoms with E-state index in [2.05, 4.69) is 40.4 Å². The fourth-order valence-corrected chi connectivity index (χ4v) is 4.95. The topological polar surface area (TPSA) is 72.5 Å². The van der Waals surface area contributed by atoms with E-state index < -0.39 is 13.9 Å². The van der Waals surface area contributed by atoms with E-state index in [4.69, 9.17) is 28.3 Å². The smallest absolute Gasteiger partial charge is 0.354 e. The third kappa shape index (κ3) is 10.1. The highest BCUT2D eigenvalue weighted by Crippen LogP contribution is 2.38. The normalized spacial score (nSPS) is 19.2. The Morgan fingerprint density at radius 2 is 1.94 bits per heavy atom. The van der Waals surface area contributed by atoms with Gasteiger partial charge in [0.2, 0.25) is 0 Å². The molecule has 0 aliphatic carbocycles. The fourth-order valence-electron chi connectivity index (χ4n) is 4.49. The number of aryl methyl sites for hydroxylation is 1. The number of carbonyl (C=O) groups excluding carboxylic acids is 1. The minimum absolute atomic E-state index is 0.0266. The number of methoxy groups -OCH3 is 2. The zero-order chi connectivity index (χ0) is 26.8. The van der Waals surface area contributed by atoms with Crippen LogP contribution in [0.4, 0.5) is 0 Å². The molecule has 7 nitrogen and oxygen atoms in total. The number of hydrogen-bond donors (Lipinski definition) is 0. The molecule has 36 heavy (non-hydrogen) atoms. The van der Waals surface area contributed by atoms with Crippen molar-refractivity contribution in [3.05, 3.63) is 23.3 Å². The van der Waals surface area contributed by atoms with Crippen molar-refractivity contribution in [3.8, 4) is 11.5 Å². The molecular weight excluding hydrogens is 475 g/mol. The van der Waals surface area contributed by atoms with Crippen molar-refractivity contribution >= 4 is 21.0 Å². The molecule has 1 fully saturated rings. The van der Waals surface area contributed by atoms with Crippen molar-refractivity contribution in [2.75, 3.05) is 34.2 Å². The molecule has 0 amide bonds. The van der Waals surface area contributed by atoms with Crippen molar-refractivity contribution in [2.45, 2.75) is 90.6 Å². The summed E-state index contributed by atoms with van der Waals surface area (Å²) in [5.74, 6) is 1.04. The second-order valence-electron chi connectivity index (χ2n) is 11.3. The molecule has 1 unspecified atom stereocenters. The Hall–Kier alpha value is -1.55. The molecule has 0 saturated carbocycles. The minimum Gasteiger partial charge on any atom is -0.539 e. The van der Waals surface area contributed by atoms with Gasteiger partial charge in [-0.05, 0) is 63.5 Å². The molecule has 2 atom stereocenters. The van der Waals surface area contributed by atoms with Gasteiger partial charge in [0.15, 0.2) is 6.79 Å². The quantitative estimate of drug-likeness (QED) is 0.159. The van der Waals surface area contributed by atoms with Crippen LogP contribution >= 0.6 is 0 Å². The van der Waals surface area contributed by atoms with E-state index in [1.54, 1.807) is 27.4 Å². The van der Waals surface area contributed by atoms with E-state index >= 15 is 0 Å². The van der Waals surface area contributed by atoms with Crippen LogP contribution in [-0.2, 0) is 25.3 Å². The molecule has 1 aromatic carbocycles. The van der Waals surface area contributed by atoms with Crippen LogP contribution in [0.5, 0.6) is 11.5 Å². The standard InChI is InChI=1S/C27H46BO7Si/c1-9-10-14-32-18-24-21(17-27(2,3)34-24)13-11-12-20-15-22(31-5)16-23(33-19-30-4)25(20)26(29)35-28-36(6,7)8/h15-16,21,24H,9-14,17-19H2,1-8H3/t21-,24?/m1/s1. The number of ether oxygens (including phenoxy) is 5. The second-order valence-corrected chi connectivity index (χ2v) is 16.3. The zero-order valence-corrected chi connectivity index (χ0v) is 24.6. The highest BCUT2D eigenvalue weighted by atomic mass is 28.3. The third-order valence-electron chi connectivity index (χ3n) is 6.14. The molecule has 0 spiro atoms. The van der Waals surface area contributed by atoms with Crippen LogP contribution in [0.3, 0.4) is 0 Å². The van der Waals surface area contributed by atoms with Gasteiger partial charge in [-0.1, -0.05) is 33.0 Å². The van der Waals surface area contributed by atoms with E-state index in [0.29, 0.717) is 36.0 Å². The van der Waals surface area contributed by atoms with Crippen LogP contribution in [0.2, 0.25) is 19.6 Å². The number of rotatable bonds is 16. The predicted octanol–water partition coefficient (Wildman–Crippen LogP) is 5.61. The number of carbonyl (C=O) groups is 1. The molecule has 2 rings (SSSR count). The monoisotopic (exact) mass is 521 g/mol. The maximum Gasteiger partial charge on any atom is 0.354 e. The summed E-state index contributed by atoms with van der Waals surface area (Å²) in [5.41, 5.74) is 1.13. The summed E-state index contributed by atoms with van der Waals surface area (Å²) in [7, 11) is 3.16. The van der Waals surface area contributed by atoms with Gasteiger partial charge < -0.3 is 28.3 Å². The van der Waals surface area contributed by atoms with Gasteiger partial charge in [0.25, 0.3) is 0 Å². The number of hydrogen-bond acceptors (Lipinski definition) is 7. The lowest BCUT2D eigenvalue weighted by atomic mass is 9.88. The summed E-state index contributed by atoms with van der Waals surface area (Å²) >= 11 is 0. The molecule has 1 aliphatic heterocycles. The van der Waals surface area contributed by atoms with Crippen molar-refractivity contribution < 1.29 is 33.1 Å². The molecule has 9 heteroatoms. The summed E-state index contributed by atoms with van der Waals surface area (Å²) in [6, 6.07) is 3.62. The van der Waals surface area contributed by atoms with Crippen molar-refractivity contribution in [1.82, 2.24) is 0 Å². The van der Waals surface area contributed by atoms with Gasteiger partial charge >= 0.3 is 13.0 Å². The van der Waals surface area contributed by atoms with Gasteiger partial charge in [0.05, 0.1) is 33.4 Å². The third-order valence-corrected chi connectivity index (χ3v) is 6.97. The van der Waals surface area contributed by atoms with Crippen LogP contribution in [0.25, 0.3) is 0 Å². The Balaban J connectivity index is 2.17. The minimum atomic E-state index is -1.70. The molecule has 0 N–H and O–H groups in total. The summed E-state index contributed by atoms with van der Waals surface area (Å²) < 4.78 is 34.2. The average molecular weight is 522 g/mol. The first-order chi connectivity index (χ1) is 17.0. The van der Waals surface area contributed by atoms with Crippen LogP contribution in [0, 0.1) is 5.92 Å². The summed E-state index contributed by atoms with van der Waals surface area (Å²) in [4.78, 5) is 13.2. The van der Waals surface area contributed by atoms with Crippen molar-refractivity contribution in [2.24, 2.45) is 5.92 Å². The van der Waals surface area contributed by atoms with E-state index in [-0.39, 0.29) is 18.5 Å². The Bertz CT molecular complexity index is 825. The molecule has 1 heterocycles. The molecule has 203 valence electrons. The lowest BCUT2D eigenvalue weighted by Crippen LogP contribution is -2.34. The average Bonchev–Trinajstić information content (AvgIpc) is 3.11. The van der Waals surface area contributed by atoms with E-state index in [1.807, 2.05) is 6.07 Å². The van der Waals surface area contributed by atoms with Gasteiger partial charge in [-0.25, -0.2) is 4.79 Å². The molecule has 1 saturated heterocycles. The van der Waals surface area contributed by atoms with Crippen LogP contribution in [0.1, 0.15) is 68.8 Å². The highest BCUT2D eigenvalue weighted by Gasteiger charge is 2.39. The van der Waals surface area contributed by atoms with Gasteiger partial charge in [0.1, 0.15) is 17.1 Å². The second kappa shape index (κ2) is 14.4. The van der Waals surface area contributed by atoms with E-state index in [9.17, 15) is 4.79 Å².